The van der Waals surface area contributed by atoms with Crippen molar-refractivity contribution in [1.82, 2.24) is 0 Å². The molecule has 1 aliphatic carbocycles. The molecule has 4 nitrogen and oxygen atoms in total. The van der Waals surface area contributed by atoms with E-state index in [0.29, 0.717) is 12.8 Å². The lowest BCUT2D eigenvalue weighted by Gasteiger charge is -2.23. The summed E-state index contributed by atoms with van der Waals surface area (Å²) in [5.74, 6) is -0.645. The fourth-order valence-corrected chi connectivity index (χ4v) is 4.39. The van der Waals surface area contributed by atoms with Crippen LogP contribution < -0.4 is 0 Å². The van der Waals surface area contributed by atoms with Crippen LogP contribution in [0.2, 0.25) is 0 Å². The molecule has 1 fully saturated rings. The van der Waals surface area contributed by atoms with E-state index in [9.17, 15) is 15.0 Å². The van der Waals surface area contributed by atoms with E-state index in [-0.39, 0.29) is 23.6 Å². The van der Waals surface area contributed by atoms with Gasteiger partial charge in [-0.05, 0) is 49.1 Å². The number of aliphatic carboxylic acids is 1. The molecule has 0 spiro atoms. The van der Waals surface area contributed by atoms with E-state index in [2.05, 4.69) is 6.08 Å². The molecule has 3 N–H and O–H groups in total. The number of aliphatic hydroxyl groups is 2. The number of rotatable bonds is 10. The maximum atomic E-state index is 10.5. The Kier molecular flexibility index (Phi) is 8.81. The van der Waals surface area contributed by atoms with Crippen LogP contribution in [0, 0.1) is 5.92 Å². The number of halogens is 1. The van der Waals surface area contributed by atoms with Gasteiger partial charge in [-0.25, -0.2) is 0 Å². The van der Waals surface area contributed by atoms with Crippen molar-refractivity contribution in [3.63, 3.8) is 0 Å². The van der Waals surface area contributed by atoms with Crippen LogP contribution in [0.1, 0.15) is 75.0 Å². The Bertz CT molecular complexity index is 613. The third-order valence-electron chi connectivity index (χ3n) is 5.41. The summed E-state index contributed by atoms with van der Waals surface area (Å²) in [6.45, 7) is 2.05. The van der Waals surface area contributed by atoms with Crippen molar-refractivity contribution in [2.45, 2.75) is 75.4 Å². The largest absolute Gasteiger partial charge is 0.481 e. The van der Waals surface area contributed by atoms with Gasteiger partial charge in [0.1, 0.15) is 0 Å². The molecule has 5 atom stereocenters. The van der Waals surface area contributed by atoms with Crippen LogP contribution in [-0.4, -0.2) is 32.8 Å². The molecule has 0 aromatic heterocycles. The van der Waals surface area contributed by atoms with Gasteiger partial charge in [0.25, 0.3) is 0 Å². The van der Waals surface area contributed by atoms with E-state index in [1.807, 2.05) is 37.3 Å². The standard InChI is InChI=1S/C22H31ClO4/c1-2-7-19(24)15-10-12-16(13-11-15)22-17(18(23)14-20(22)25)8-5-3-4-6-9-21(26)27/h3,5,10-13,17-20,22,24-25H,2,4,6-9,14H2,1H3,(H,26,27)/b5-3-/t17-,18+,19?,20+,22+/m0/s1. The van der Waals surface area contributed by atoms with Crippen molar-refractivity contribution in [3.05, 3.63) is 47.5 Å². The number of aliphatic hydroxyl groups excluding tert-OH is 2. The summed E-state index contributed by atoms with van der Waals surface area (Å²) in [6.07, 6.45) is 7.73. The first-order valence-electron chi connectivity index (χ1n) is 9.90. The van der Waals surface area contributed by atoms with Gasteiger partial charge in [0.15, 0.2) is 0 Å². The number of carboxylic acid groups (broad SMARTS) is 1. The van der Waals surface area contributed by atoms with Gasteiger partial charge in [0.2, 0.25) is 0 Å². The maximum absolute atomic E-state index is 10.5. The smallest absolute Gasteiger partial charge is 0.303 e. The molecule has 0 bridgehead atoms. The fourth-order valence-electron chi connectivity index (χ4n) is 3.95. The Morgan fingerprint density at radius 2 is 2.00 bits per heavy atom. The number of carbonyl (C=O) groups is 1. The molecule has 1 saturated carbocycles. The molecular weight excluding hydrogens is 364 g/mol. The van der Waals surface area contributed by atoms with Gasteiger partial charge in [0, 0.05) is 17.7 Å². The van der Waals surface area contributed by atoms with Gasteiger partial charge in [-0.3, -0.25) is 4.79 Å². The molecule has 150 valence electrons. The van der Waals surface area contributed by atoms with Crippen molar-refractivity contribution in [1.29, 1.82) is 0 Å². The highest BCUT2D eigenvalue weighted by molar-refractivity contribution is 6.21. The molecule has 0 amide bonds. The zero-order valence-corrected chi connectivity index (χ0v) is 16.7. The molecular formula is C22H31ClO4. The lowest BCUT2D eigenvalue weighted by molar-refractivity contribution is -0.137. The first kappa shape index (κ1) is 21.9. The van der Waals surface area contributed by atoms with Gasteiger partial charge < -0.3 is 15.3 Å². The lowest BCUT2D eigenvalue weighted by atomic mass is 9.84. The van der Waals surface area contributed by atoms with Crippen LogP contribution in [0.4, 0.5) is 0 Å². The van der Waals surface area contributed by atoms with Crippen molar-refractivity contribution < 1.29 is 20.1 Å². The van der Waals surface area contributed by atoms with Crippen molar-refractivity contribution in [2.75, 3.05) is 0 Å². The number of unbranched alkanes of at least 4 members (excludes halogenated alkanes) is 1. The van der Waals surface area contributed by atoms with Crippen LogP contribution >= 0.6 is 11.6 Å². The predicted molar refractivity (Wildman–Crippen MR) is 108 cm³/mol. The molecule has 1 aromatic carbocycles. The Hall–Kier alpha value is -1.36. The lowest BCUT2D eigenvalue weighted by Crippen LogP contribution is -2.18. The molecule has 0 heterocycles. The zero-order valence-electron chi connectivity index (χ0n) is 15.9. The van der Waals surface area contributed by atoms with Gasteiger partial charge in [0.05, 0.1) is 12.2 Å². The van der Waals surface area contributed by atoms with Crippen LogP contribution in [-0.2, 0) is 4.79 Å². The molecule has 1 unspecified atom stereocenters. The van der Waals surface area contributed by atoms with E-state index >= 15 is 0 Å². The second kappa shape index (κ2) is 10.8. The normalized spacial score (nSPS) is 26.5. The minimum Gasteiger partial charge on any atom is -0.481 e. The third kappa shape index (κ3) is 6.34. The van der Waals surface area contributed by atoms with Gasteiger partial charge in [-0.2, -0.15) is 0 Å². The molecule has 0 radical (unpaired) electrons. The minimum atomic E-state index is -0.768. The van der Waals surface area contributed by atoms with Crippen molar-refractivity contribution >= 4 is 17.6 Å². The Morgan fingerprint density at radius 1 is 1.30 bits per heavy atom. The van der Waals surface area contributed by atoms with E-state index in [1.54, 1.807) is 0 Å². The first-order chi connectivity index (χ1) is 12.9. The molecule has 0 aliphatic heterocycles. The Balaban J connectivity index is 2.00. The molecule has 1 aromatic rings. The van der Waals surface area contributed by atoms with Crippen LogP contribution in [0.5, 0.6) is 0 Å². The quantitative estimate of drug-likeness (QED) is 0.303. The van der Waals surface area contributed by atoms with Gasteiger partial charge in [-0.1, -0.05) is 49.8 Å². The maximum Gasteiger partial charge on any atom is 0.303 e. The summed E-state index contributed by atoms with van der Waals surface area (Å²) in [4.78, 5) is 10.5. The predicted octanol–water partition coefficient (Wildman–Crippen LogP) is 4.79. The summed E-state index contributed by atoms with van der Waals surface area (Å²) in [5, 5.41) is 29.2. The van der Waals surface area contributed by atoms with Crippen molar-refractivity contribution in [3.8, 4) is 0 Å². The minimum absolute atomic E-state index is 0.0199. The molecule has 27 heavy (non-hydrogen) atoms. The Labute approximate surface area is 166 Å². The first-order valence-corrected chi connectivity index (χ1v) is 10.3. The second-order valence-corrected chi connectivity index (χ2v) is 8.03. The summed E-state index contributed by atoms with van der Waals surface area (Å²) in [7, 11) is 0. The third-order valence-corrected chi connectivity index (χ3v) is 5.91. The highest BCUT2D eigenvalue weighted by Crippen LogP contribution is 2.44. The van der Waals surface area contributed by atoms with E-state index in [0.717, 1.165) is 36.8 Å². The Morgan fingerprint density at radius 3 is 2.63 bits per heavy atom. The number of carboxylic acids is 1. The van der Waals surface area contributed by atoms with Crippen LogP contribution in [0.25, 0.3) is 0 Å². The van der Waals surface area contributed by atoms with Gasteiger partial charge >= 0.3 is 5.97 Å². The summed E-state index contributed by atoms with van der Waals surface area (Å²) < 4.78 is 0. The zero-order chi connectivity index (χ0) is 19.8. The topological polar surface area (TPSA) is 77.8 Å². The van der Waals surface area contributed by atoms with E-state index in [4.69, 9.17) is 16.7 Å². The molecule has 0 saturated heterocycles. The highest BCUT2D eigenvalue weighted by Gasteiger charge is 2.41. The highest BCUT2D eigenvalue weighted by atomic mass is 35.5. The van der Waals surface area contributed by atoms with Crippen LogP contribution in [0.3, 0.4) is 0 Å². The summed E-state index contributed by atoms with van der Waals surface area (Å²) >= 11 is 6.51. The average molecular weight is 395 g/mol. The van der Waals surface area contributed by atoms with Crippen molar-refractivity contribution in [2.24, 2.45) is 5.92 Å². The number of alkyl halides is 1. The van der Waals surface area contributed by atoms with E-state index in [1.165, 1.54) is 0 Å². The summed E-state index contributed by atoms with van der Waals surface area (Å²) in [6, 6.07) is 7.90. The van der Waals surface area contributed by atoms with E-state index < -0.39 is 18.2 Å². The number of hydrogen-bond donors (Lipinski definition) is 3. The molecule has 2 rings (SSSR count). The second-order valence-electron chi connectivity index (χ2n) is 7.47. The monoisotopic (exact) mass is 394 g/mol. The molecule has 5 heteroatoms. The number of allylic oxidation sites excluding steroid dienone is 2. The number of benzene rings is 1. The SMILES string of the molecule is CCCC(O)c1ccc([C@@H]2[C@@H](C/C=C\CCCC(=O)O)[C@H](Cl)C[C@H]2O)cc1. The summed E-state index contributed by atoms with van der Waals surface area (Å²) in [5.41, 5.74) is 1.97. The van der Waals surface area contributed by atoms with Crippen LogP contribution in [0.15, 0.2) is 36.4 Å². The average Bonchev–Trinajstić information content (AvgIpc) is 2.91. The molecule has 1 aliphatic rings. The number of hydrogen-bond acceptors (Lipinski definition) is 3. The fraction of sp³-hybridized carbons (Fsp3) is 0.591. The van der Waals surface area contributed by atoms with Gasteiger partial charge in [-0.15, -0.1) is 11.6 Å².